The van der Waals surface area contributed by atoms with Gasteiger partial charge in [0.25, 0.3) is 11.6 Å². The first-order chi connectivity index (χ1) is 11.5. The van der Waals surface area contributed by atoms with Gasteiger partial charge in [-0.15, -0.1) is 0 Å². The lowest BCUT2D eigenvalue weighted by Gasteiger charge is -2.16. The number of nitrogens with zero attached hydrogens (tertiary/aromatic N) is 3. The topological polar surface area (TPSA) is 68.4 Å². The van der Waals surface area contributed by atoms with Crippen LogP contribution in [0.4, 0.5) is 11.4 Å². The van der Waals surface area contributed by atoms with Gasteiger partial charge in [-0.25, -0.2) is 0 Å². The summed E-state index contributed by atoms with van der Waals surface area (Å²) in [6.45, 7) is 2.47. The number of benzene rings is 2. The zero-order valence-corrected chi connectivity index (χ0v) is 13.3. The van der Waals surface area contributed by atoms with Crippen molar-refractivity contribution in [2.75, 3.05) is 4.90 Å². The zero-order valence-electron chi connectivity index (χ0n) is 13.3. The highest BCUT2D eigenvalue weighted by Crippen LogP contribution is 2.32. The molecule has 6 heteroatoms. The predicted molar refractivity (Wildman–Crippen MR) is 91.3 cm³/mol. The van der Waals surface area contributed by atoms with Gasteiger partial charge in [0.05, 0.1) is 17.0 Å². The fraction of sp³-hybridized carbons (Fsp3) is 0.167. The van der Waals surface area contributed by atoms with Crippen molar-refractivity contribution in [2.24, 2.45) is 7.05 Å². The maximum absolute atomic E-state index is 12.7. The quantitative estimate of drug-likeness (QED) is 0.535. The molecular weight excluding hydrogens is 306 g/mol. The van der Waals surface area contributed by atoms with Gasteiger partial charge in [0.15, 0.2) is 0 Å². The van der Waals surface area contributed by atoms with Crippen LogP contribution in [0.5, 0.6) is 0 Å². The van der Waals surface area contributed by atoms with Crippen LogP contribution in [0.1, 0.15) is 21.6 Å². The van der Waals surface area contributed by atoms with Crippen molar-refractivity contribution < 1.29 is 9.72 Å². The molecule has 0 N–H and O–H groups in total. The summed E-state index contributed by atoms with van der Waals surface area (Å²) in [7, 11) is 2.01. The van der Waals surface area contributed by atoms with Gasteiger partial charge in [0, 0.05) is 41.5 Å². The molecular formula is C18H15N3O3. The minimum absolute atomic E-state index is 0.0573. The number of amides is 1. The molecule has 0 atom stereocenters. The van der Waals surface area contributed by atoms with Crippen LogP contribution in [0.3, 0.4) is 0 Å². The number of hydrogen-bond donors (Lipinski definition) is 0. The molecule has 0 saturated heterocycles. The van der Waals surface area contributed by atoms with Crippen LogP contribution < -0.4 is 4.90 Å². The highest BCUT2D eigenvalue weighted by molar-refractivity contribution is 6.11. The Morgan fingerprint density at radius 3 is 2.67 bits per heavy atom. The lowest BCUT2D eigenvalue weighted by atomic mass is 10.1. The van der Waals surface area contributed by atoms with E-state index in [0.29, 0.717) is 12.1 Å². The Bertz CT molecular complexity index is 1020. The Morgan fingerprint density at radius 1 is 1.12 bits per heavy atom. The Kier molecular flexibility index (Phi) is 2.96. The number of hydrogen-bond acceptors (Lipinski definition) is 3. The van der Waals surface area contributed by atoms with E-state index >= 15 is 0 Å². The minimum atomic E-state index is -0.477. The van der Waals surface area contributed by atoms with Crippen molar-refractivity contribution in [3.63, 3.8) is 0 Å². The highest BCUT2D eigenvalue weighted by atomic mass is 16.6. The third-order valence-corrected chi connectivity index (χ3v) is 4.69. The number of carbonyl (C=O) groups excluding carboxylic acids is 1. The van der Waals surface area contributed by atoms with Gasteiger partial charge in [0.1, 0.15) is 0 Å². The third kappa shape index (κ3) is 2.00. The standard InChI is InChI=1S/C18H15N3O3/c1-11-7-13-8-14(5-6-17(13)19(11)2)20-10-12-3-4-15(21(23)24)9-16(12)18(20)22/h3-9H,10H2,1-2H3. The fourth-order valence-corrected chi connectivity index (χ4v) is 3.25. The lowest BCUT2D eigenvalue weighted by molar-refractivity contribution is -0.384. The van der Waals surface area contributed by atoms with E-state index < -0.39 is 4.92 Å². The Balaban J connectivity index is 1.76. The second-order valence-corrected chi connectivity index (χ2v) is 6.08. The molecule has 6 nitrogen and oxygen atoms in total. The Morgan fingerprint density at radius 2 is 1.92 bits per heavy atom. The minimum Gasteiger partial charge on any atom is -0.348 e. The summed E-state index contributed by atoms with van der Waals surface area (Å²) in [5.41, 5.74) is 4.23. The number of nitro benzene ring substituents is 1. The van der Waals surface area contributed by atoms with Gasteiger partial charge in [0.2, 0.25) is 0 Å². The van der Waals surface area contributed by atoms with Crippen LogP contribution >= 0.6 is 0 Å². The second kappa shape index (κ2) is 4.92. The van der Waals surface area contributed by atoms with E-state index in [1.807, 2.05) is 32.2 Å². The molecule has 0 bridgehead atoms. The van der Waals surface area contributed by atoms with Gasteiger partial charge in [-0.3, -0.25) is 14.9 Å². The van der Waals surface area contributed by atoms with Crippen molar-refractivity contribution in [3.05, 3.63) is 69.4 Å². The lowest BCUT2D eigenvalue weighted by Crippen LogP contribution is -2.22. The molecule has 2 heterocycles. The molecule has 1 aromatic heterocycles. The first-order valence-electron chi connectivity index (χ1n) is 7.61. The summed E-state index contributed by atoms with van der Waals surface area (Å²) in [5, 5.41) is 12.0. The number of aromatic nitrogens is 1. The summed E-state index contributed by atoms with van der Waals surface area (Å²) in [4.78, 5) is 24.8. The second-order valence-electron chi connectivity index (χ2n) is 6.08. The number of non-ortho nitro benzene ring substituents is 1. The predicted octanol–water partition coefficient (Wildman–Crippen LogP) is 3.56. The molecule has 120 valence electrons. The zero-order chi connectivity index (χ0) is 17.0. The first-order valence-corrected chi connectivity index (χ1v) is 7.61. The summed E-state index contributed by atoms with van der Waals surface area (Å²) in [5.74, 6) is -0.194. The van der Waals surface area contributed by atoms with Gasteiger partial charge in [-0.2, -0.15) is 0 Å². The van der Waals surface area contributed by atoms with Crippen molar-refractivity contribution >= 4 is 28.2 Å². The third-order valence-electron chi connectivity index (χ3n) is 4.69. The summed E-state index contributed by atoms with van der Waals surface area (Å²) >= 11 is 0. The van der Waals surface area contributed by atoms with Crippen molar-refractivity contribution in [1.82, 2.24) is 4.57 Å². The van der Waals surface area contributed by atoms with E-state index in [2.05, 4.69) is 10.6 Å². The molecule has 0 fully saturated rings. The van der Waals surface area contributed by atoms with Crippen LogP contribution in [0.15, 0.2) is 42.5 Å². The maximum Gasteiger partial charge on any atom is 0.270 e. The normalized spacial score (nSPS) is 13.6. The van der Waals surface area contributed by atoms with Crippen LogP contribution in [0.25, 0.3) is 10.9 Å². The number of carbonyl (C=O) groups is 1. The van der Waals surface area contributed by atoms with E-state index in [1.165, 1.54) is 12.1 Å². The number of aryl methyl sites for hydroxylation is 2. The van der Waals surface area contributed by atoms with Crippen molar-refractivity contribution in [3.8, 4) is 0 Å². The molecule has 2 aromatic carbocycles. The van der Waals surface area contributed by atoms with Crippen LogP contribution in [0.2, 0.25) is 0 Å². The molecule has 1 amide bonds. The molecule has 4 rings (SSSR count). The number of anilines is 1. The van der Waals surface area contributed by atoms with Crippen LogP contribution in [-0.2, 0) is 13.6 Å². The van der Waals surface area contributed by atoms with Gasteiger partial charge in [-0.05, 0) is 42.8 Å². The van der Waals surface area contributed by atoms with Crippen LogP contribution in [0, 0.1) is 17.0 Å². The molecule has 1 aliphatic rings. The summed E-state index contributed by atoms with van der Waals surface area (Å²) in [6.07, 6.45) is 0. The number of nitro groups is 1. The monoisotopic (exact) mass is 321 g/mol. The maximum atomic E-state index is 12.7. The van der Waals surface area contributed by atoms with Crippen molar-refractivity contribution in [2.45, 2.75) is 13.5 Å². The highest BCUT2D eigenvalue weighted by Gasteiger charge is 2.30. The smallest absolute Gasteiger partial charge is 0.270 e. The molecule has 3 aromatic rings. The largest absolute Gasteiger partial charge is 0.348 e. The first kappa shape index (κ1) is 14.4. The number of rotatable bonds is 2. The molecule has 24 heavy (non-hydrogen) atoms. The van der Waals surface area contributed by atoms with E-state index in [1.54, 1.807) is 11.0 Å². The molecule has 0 unspecified atom stereocenters. The van der Waals surface area contributed by atoms with Gasteiger partial charge < -0.3 is 9.47 Å². The molecule has 1 aliphatic heterocycles. The molecule has 0 radical (unpaired) electrons. The van der Waals surface area contributed by atoms with Crippen molar-refractivity contribution in [1.29, 1.82) is 0 Å². The molecule has 0 spiro atoms. The fourth-order valence-electron chi connectivity index (χ4n) is 3.25. The van der Waals surface area contributed by atoms with E-state index in [0.717, 1.165) is 27.8 Å². The Labute approximate surface area is 138 Å². The van der Waals surface area contributed by atoms with E-state index in [9.17, 15) is 14.9 Å². The van der Waals surface area contributed by atoms with Gasteiger partial charge in [-0.1, -0.05) is 0 Å². The summed E-state index contributed by atoms with van der Waals surface area (Å²) < 4.78 is 2.10. The molecule has 0 aliphatic carbocycles. The average molecular weight is 321 g/mol. The van der Waals surface area contributed by atoms with Gasteiger partial charge >= 0.3 is 0 Å². The van der Waals surface area contributed by atoms with E-state index in [4.69, 9.17) is 0 Å². The molecule has 0 saturated carbocycles. The van der Waals surface area contributed by atoms with E-state index in [-0.39, 0.29) is 11.6 Å². The average Bonchev–Trinajstić information content (AvgIpc) is 3.04. The van der Waals surface area contributed by atoms with Crippen LogP contribution in [-0.4, -0.2) is 15.4 Å². The number of fused-ring (bicyclic) bond motifs is 2. The summed E-state index contributed by atoms with van der Waals surface area (Å²) in [6, 6.07) is 12.5. The SMILES string of the molecule is Cc1cc2cc(N3Cc4ccc([N+](=O)[O-])cc4C3=O)ccc2n1C. The Hall–Kier alpha value is -3.15.